The zero-order chi connectivity index (χ0) is 19.2. The Morgan fingerprint density at radius 1 is 1.44 bits per heavy atom. The van der Waals surface area contributed by atoms with Gasteiger partial charge in [-0.15, -0.1) is 0 Å². The zero-order valence-corrected chi connectivity index (χ0v) is 16.1. The van der Waals surface area contributed by atoms with Gasteiger partial charge in [0.05, 0.1) is 13.7 Å². The van der Waals surface area contributed by atoms with Crippen LogP contribution in [-0.2, 0) is 6.54 Å². The Balaban J connectivity index is 1.62. The molecule has 2 amide bonds. The number of H-pyrrole nitrogens is 1. The minimum Gasteiger partial charge on any atom is -0.493 e. The molecule has 3 rings (SSSR count). The van der Waals surface area contributed by atoms with Crippen LogP contribution in [0.3, 0.4) is 0 Å². The average Bonchev–Trinajstić information content (AvgIpc) is 3.13. The number of carbonyl (C=O) groups is 1. The molecule has 0 unspecified atom stereocenters. The van der Waals surface area contributed by atoms with Crippen LogP contribution in [0, 0.1) is 6.92 Å². The van der Waals surface area contributed by atoms with Crippen molar-refractivity contribution in [1.82, 2.24) is 25.4 Å². The summed E-state index contributed by atoms with van der Waals surface area (Å²) >= 11 is 0. The fourth-order valence-corrected chi connectivity index (χ4v) is 3.37. The standard InChI is InChI=1S/C19H27N5O3/c1-4-27-17-14(7-5-9-16(17)26-3)11-20-19(25)24-10-6-8-15(12-24)18-21-13(2)22-23-18/h5,7,9,15H,4,6,8,10-12H2,1-3H3,(H,20,25)(H,21,22,23)/t15-/m1/s1. The van der Waals surface area contributed by atoms with Crippen molar-refractivity contribution in [3.8, 4) is 11.5 Å². The fraction of sp³-hybridized carbons (Fsp3) is 0.526. The van der Waals surface area contributed by atoms with E-state index in [9.17, 15) is 4.79 Å². The first-order chi connectivity index (χ1) is 13.1. The number of amides is 2. The lowest BCUT2D eigenvalue weighted by Gasteiger charge is -2.31. The number of piperidine rings is 1. The van der Waals surface area contributed by atoms with Crippen LogP contribution in [0.2, 0.25) is 0 Å². The van der Waals surface area contributed by atoms with Gasteiger partial charge in [-0.05, 0) is 32.8 Å². The highest BCUT2D eigenvalue weighted by Crippen LogP contribution is 2.31. The number of hydrogen-bond donors (Lipinski definition) is 2. The lowest BCUT2D eigenvalue weighted by atomic mass is 9.98. The molecule has 0 aliphatic carbocycles. The monoisotopic (exact) mass is 373 g/mol. The van der Waals surface area contributed by atoms with E-state index < -0.39 is 0 Å². The molecule has 1 fully saturated rings. The van der Waals surface area contributed by atoms with Crippen LogP contribution >= 0.6 is 0 Å². The van der Waals surface area contributed by atoms with Gasteiger partial charge in [0, 0.05) is 31.1 Å². The zero-order valence-electron chi connectivity index (χ0n) is 16.1. The lowest BCUT2D eigenvalue weighted by Crippen LogP contribution is -2.44. The number of nitrogens with one attached hydrogen (secondary N) is 2. The van der Waals surface area contributed by atoms with Crippen molar-refractivity contribution >= 4 is 6.03 Å². The summed E-state index contributed by atoms with van der Waals surface area (Å²) in [6.45, 7) is 6.08. The van der Waals surface area contributed by atoms with Crippen molar-refractivity contribution in [2.75, 3.05) is 26.8 Å². The summed E-state index contributed by atoms with van der Waals surface area (Å²) in [7, 11) is 1.61. The number of aromatic amines is 1. The van der Waals surface area contributed by atoms with E-state index in [2.05, 4.69) is 20.5 Å². The number of ether oxygens (including phenoxy) is 2. The third kappa shape index (κ3) is 4.50. The Morgan fingerprint density at radius 2 is 2.30 bits per heavy atom. The topological polar surface area (TPSA) is 92.4 Å². The van der Waals surface area contributed by atoms with Crippen LogP contribution in [-0.4, -0.2) is 52.9 Å². The molecule has 2 N–H and O–H groups in total. The van der Waals surface area contributed by atoms with Gasteiger partial charge in [-0.1, -0.05) is 12.1 Å². The van der Waals surface area contributed by atoms with Gasteiger partial charge in [-0.3, -0.25) is 5.10 Å². The Labute approximate surface area is 159 Å². The van der Waals surface area contributed by atoms with Crippen LogP contribution in [0.25, 0.3) is 0 Å². The summed E-state index contributed by atoms with van der Waals surface area (Å²) in [6, 6.07) is 5.59. The smallest absolute Gasteiger partial charge is 0.317 e. The molecular formula is C19H27N5O3. The van der Waals surface area contributed by atoms with Crippen LogP contribution < -0.4 is 14.8 Å². The number of para-hydroxylation sites is 1. The second-order valence-corrected chi connectivity index (χ2v) is 6.60. The fourth-order valence-electron chi connectivity index (χ4n) is 3.37. The summed E-state index contributed by atoms with van der Waals surface area (Å²) in [5.74, 6) is 3.10. The number of nitrogens with zero attached hydrogens (tertiary/aromatic N) is 3. The predicted molar refractivity (Wildman–Crippen MR) is 101 cm³/mol. The van der Waals surface area contributed by atoms with Gasteiger partial charge in [-0.2, -0.15) is 5.10 Å². The van der Waals surface area contributed by atoms with Gasteiger partial charge in [-0.25, -0.2) is 9.78 Å². The molecule has 27 heavy (non-hydrogen) atoms. The van der Waals surface area contributed by atoms with Crippen LogP contribution in [0.5, 0.6) is 11.5 Å². The summed E-state index contributed by atoms with van der Waals surface area (Å²) in [6.07, 6.45) is 1.93. The quantitative estimate of drug-likeness (QED) is 0.812. The first-order valence-corrected chi connectivity index (χ1v) is 9.32. The molecule has 2 aromatic rings. The maximum atomic E-state index is 12.7. The van der Waals surface area contributed by atoms with Gasteiger partial charge in [0.1, 0.15) is 5.82 Å². The molecule has 0 radical (unpaired) electrons. The predicted octanol–water partition coefficient (Wildman–Crippen LogP) is 2.61. The van der Waals surface area contributed by atoms with E-state index >= 15 is 0 Å². The molecule has 146 valence electrons. The number of urea groups is 1. The highest BCUT2D eigenvalue weighted by Gasteiger charge is 2.27. The van der Waals surface area contributed by atoms with Gasteiger partial charge >= 0.3 is 6.03 Å². The largest absolute Gasteiger partial charge is 0.493 e. The minimum absolute atomic E-state index is 0.0859. The highest BCUT2D eigenvalue weighted by molar-refractivity contribution is 5.74. The average molecular weight is 373 g/mol. The van der Waals surface area contributed by atoms with E-state index in [1.165, 1.54) is 0 Å². The minimum atomic E-state index is -0.0859. The van der Waals surface area contributed by atoms with E-state index in [1.54, 1.807) is 7.11 Å². The molecule has 2 heterocycles. The van der Waals surface area contributed by atoms with Crippen molar-refractivity contribution in [2.24, 2.45) is 0 Å². The molecule has 1 atom stereocenters. The summed E-state index contributed by atoms with van der Waals surface area (Å²) in [4.78, 5) is 18.9. The third-order valence-corrected chi connectivity index (χ3v) is 4.69. The van der Waals surface area contributed by atoms with Crippen molar-refractivity contribution in [3.05, 3.63) is 35.4 Å². The number of likely N-dealkylation sites (tertiary alicyclic amines) is 1. The number of hydrogen-bond acceptors (Lipinski definition) is 5. The molecule has 8 nitrogen and oxygen atoms in total. The lowest BCUT2D eigenvalue weighted by molar-refractivity contribution is 0.178. The van der Waals surface area contributed by atoms with Crippen LogP contribution in [0.1, 0.15) is 42.9 Å². The van der Waals surface area contributed by atoms with Crippen molar-refractivity contribution in [2.45, 2.75) is 39.2 Å². The van der Waals surface area contributed by atoms with Crippen molar-refractivity contribution in [1.29, 1.82) is 0 Å². The number of carbonyl (C=O) groups excluding carboxylic acids is 1. The molecule has 1 aromatic heterocycles. The van der Waals surface area contributed by atoms with Gasteiger partial charge in [0.2, 0.25) is 0 Å². The third-order valence-electron chi connectivity index (χ3n) is 4.69. The molecular weight excluding hydrogens is 346 g/mol. The van der Waals surface area contributed by atoms with Gasteiger partial charge < -0.3 is 19.7 Å². The van der Waals surface area contributed by atoms with E-state index in [-0.39, 0.29) is 11.9 Å². The molecule has 0 saturated carbocycles. The molecule has 1 aliphatic rings. The molecule has 1 aliphatic heterocycles. The van der Waals surface area contributed by atoms with Crippen LogP contribution in [0.15, 0.2) is 18.2 Å². The number of aromatic nitrogens is 3. The Kier molecular flexibility index (Phi) is 6.16. The summed E-state index contributed by atoms with van der Waals surface area (Å²) in [5.41, 5.74) is 0.891. The Hall–Kier alpha value is -2.77. The number of benzene rings is 1. The van der Waals surface area contributed by atoms with E-state index in [0.717, 1.165) is 36.6 Å². The highest BCUT2D eigenvalue weighted by atomic mass is 16.5. The summed E-state index contributed by atoms with van der Waals surface area (Å²) < 4.78 is 11.1. The van der Waals surface area contributed by atoms with Crippen LogP contribution in [0.4, 0.5) is 4.79 Å². The SMILES string of the molecule is CCOc1c(CNC(=O)N2CCC[C@@H](c3n[nH]c(C)n3)C2)cccc1OC. The first kappa shape index (κ1) is 19.0. The second kappa shape index (κ2) is 8.75. The summed E-state index contributed by atoms with van der Waals surface area (Å²) in [5, 5.41) is 10.1. The Bertz CT molecular complexity index is 776. The van der Waals surface area contributed by atoms with E-state index in [0.29, 0.717) is 31.2 Å². The van der Waals surface area contributed by atoms with E-state index in [1.807, 2.05) is 36.9 Å². The molecule has 1 aromatic carbocycles. The van der Waals surface area contributed by atoms with Gasteiger partial charge in [0.25, 0.3) is 0 Å². The van der Waals surface area contributed by atoms with Crippen molar-refractivity contribution < 1.29 is 14.3 Å². The normalized spacial score (nSPS) is 16.9. The second-order valence-electron chi connectivity index (χ2n) is 6.60. The molecule has 0 spiro atoms. The Morgan fingerprint density at radius 3 is 3.00 bits per heavy atom. The molecule has 0 bridgehead atoms. The maximum Gasteiger partial charge on any atom is 0.317 e. The maximum absolute atomic E-state index is 12.7. The van der Waals surface area contributed by atoms with E-state index in [4.69, 9.17) is 9.47 Å². The van der Waals surface area contributed by atoms with Crippen molar-refractivity contribution in [3.63, 3.8) is 0 Å². The molecule has 1 saturated heterocycles. The first-order valence-electron chi connectivity index (χ1n) is 9.32. The number of aryl methyl sites for hydroxylation is 1. The number of methoxy groups -OCH3 is 1. The number of rotatable bonds is 6. The molecule has 8 heteroatoms. The van der Waals surface area contributed by atoms with Gasteiger partial charge in [0.15, 0.2) is 17.3 Å².